The van der Waals surface area contributed by atoms with Crippen molar-refractivity contribution in [2.24, 2.45) is 4.99 Å². The third-order valence-corrected chi connectivity index (χ3v) is 4.08. The minimum Gasteiger partial charge on any atom is -0.494 e. The minimum atomic E-state index is -0.0359. The van der Waals surface area contributed by atoms with Gasteiger partial charge in [0.15, 0.2) is 5.96 Å². The summed E-state index contributed by atoms with van der Waals surface area (Å²) in [7, 11) is 1.76. The number of benzene rings is 1. The fraction of sp³-hybridized carbons (Fsp3) is 0.524. The first-order valence-electron chi connectivity index (χ1n) is 9.47. The van der Waals surface area contributed by atoms with Gasteiger partial charge < -0.3 is 19.8 Å². The maximum Gasteiger partial charge on any atom is 0.213 e. The fourth-order valence-corrected chi connectivity index (χ4v) is 2.38. The number of guanidine groups is 1. The molecule has 0 fully saturated rings. The molecule has 2 aromatic rings. The van der Waals surface area contributed by atoms with E-state index < -0.39 is 0 Å². The Morgan fingerprint density at radius 1 is 1.14 bits per heavy atom. The molecule has 6 nitrogen and oxygen atoms in total. The quantitative estimate of drug-likeness (QED) is 0.243. The van der Waals surface area contributed by atoms with Crippen LogP contribution >= 0.6 is 24.0 Å². The Bertz CT molecular complexity index is 721. The number of hydrogen-bond acceptors (Lipinski definition) is 4. The second-order valence-electron chi connectivity index (χ2n) is 7.59. The molecule has 0 aliphatic heterocycles. The van der Waals surface area contributed by atoms with Crippen LogP contribution in [-0.2, 0) is 12.0 Å². The van der Waals surface area contributed by atoms with Crippen LogP contribution < -0.4 is 15.4 Å². The third kappa shape index (κ3) is 8.50. The molecule has 28 heavy (non-hydrogen) atoms. The van der Waals surface area contributed by atoms with E-state index in [1.54, 1.807) is 13.2 Å². The molecule has 0 amide bonds. The van der Waals surface area contributed by atoms with Crippen molar-refractivity contribution in [3.8, 4) is 5.75 Å². The molecule has 0 unspecified atom stereocenters. The third-order valence-electron chi connectivity index (χ3n) is 4.08. The predicted molar refractivity (Wildman–Crippen MR) is 125 cm³/mol. The number of unbranched alkanes of at least 4 members (excludes halogenated alkanes) is 1. The molecule has 1 heterocycles. The lowest BCUT2D eigenvalue weighted by atomic mass is 9.94. The Morgan fingerprint density at radius 3 is 2.46 bits per heavy atom. The number of rotatable bonds is 8. The van der Waals surface area contributed by atoms with E-state index in [2.05, 4.69) is 60.4 Å². The van der Waals surface area contributed by atoms with Gasteiger partial charge in [0.05, 0.1) is 19.3 Å². The smallest absolute Gasteiger partial charge is 0.213 e. The summed E-state index contributed by atoms with van der Waals surface area (Å²) in [6.07, 6.45) is 3.77. The van der Waals surface area contributed by atoms with Crippen molar-refractivity contribution in [2.45, 2.75) is 52.5 Å². The second kappa shape index (κ2) is 11.9. The van der Waals surface area contributed by atoms with Crippen molar-refractivity contribution in [3.05, 3.63) is 47.7 Å². The summed E-state index contributed by atoms with van der Waals surface area (Å²) >= 11 is 0. The van der Waals surface area contributed by atoms with Gasteiger partial charge >= 0.3 is 0 Å². The number of ether oxygens (including phenoxy) is 1. The molecule has 2 N–H and O–H groups in total. The number of nitrogens with zero attached hydrogens (tertiary/aromatic N) is 2. The average molecular weight is 500 g/mol. The monoisotopic (exact) mass is 500 g/mol. The molecule has 0 aliphatic rings. The zero-order valence-corrected chi connectivity index (χ0v) is 19.9. The highest BCUT2D eigenvalue weighted by atomic mass is 127. The summed E-state index contributed by atoms with van der Waals surface area (Å²) < 4.78 is 11.5. The molecule has 2 rings (SSSR count). The van der Waals surface area contributed by atoms with Gasteiger partial charge in [0, 0.05) is 19.0 Å². The van der Waals surface area contributed by atoms with Gasteiger partial charge in [-0.3, -0.25) is 4.99 Å². The Morgan fingerprint density at radius 2 is 1.86 bits per heavy atom. The first kappa shape index (κ1) is 24.3. The number of aliphatic imine (C=N–C) groups is 1. The molecule has 7 heteroatoms. The van der Waals surface area contributed by atoms with E-state index in [0.717, 1.165) is 36.9 Å². The van der Waals surface area contributed by atoms with E-state index in [1.165, 1.54) is 5.56 Å². The zero-order valence-electron chi connectivity index (χ0n) is 17.5. The van der Waals surface area contributed by atoms with Gasteiger partial charge in [-0.05, 0) is 31.9 Å². The molecular formula is C21H33IN4O2. The molecule has 0 aliphatic carbocycles. The van der Waals surface area contributed by atoms with Crippen LogP contribution in [0.4, 0.5) is 0 Å². The molecule has 0 saturated heterocycles. The fourth-order valence-electron chi connectivity index (χ4n) is 2.38. The molecule has 0 spiro atoms. The van der Waals surface area contributed by atoms with Gasteiger partial charge in [-0.25, -0.2) is 4.98 Å². The average Bonchev–Trinajstić information content (AvgIpc) is 3.11. The highest BCUT2D eigenvalue weighted by molar-refractivity contribution is 14.0. The Hall–Kier alpha value is -1.77. The normalized spacial score (nSPS) is 11.7. The number of halogens is 1. The standard InChI is InChI=1S/C21H32N4O2.HI/c1-16-8-10-17(11-9-16)26-13-7-6-12-23-20(22-5)25-15-19-24-14-18(27-19)21(2,3)4;/h8-11,14H,6-7,12-13,15H2,1-5H3,(H2,22,23,25);1H. The molecule has 156 valence electrons. The lowest BCUT2D eigenvalue weighted by molar-refractivity contribution is 0.307. The lowest BCUT2D eigenvalue weighted by Gasteiger charge is -2.13. The minimum absolute atomic E-state index is 0. The van der Waals surface area contributed by atoms with Crippen molar-refractivity contribution in [2.75, 3.05) is 20.2 Å². The van der Waals surface area contributed by atoms with Crippen LogP contribution in [0.25, 0.3) is 0 Å². The Balaban J connectivity index is 0.00000392. The summed E-state index contributed by atoms with van der Waals surface area (Å²) in [4.78, 5) is 8.54. The second-order valence-corrected chi connectivity index (χ2v) is 7.59. The maximum absolute atomic E-state index is 5.78. The van der Waals surface area contributed by atoms with Gasteiger partial charge in [0.25, 0.3) is 0 Å². The lowest BCUT2D eigenvalue weighted by Crippen LogP contribution is -2.37. The van der Waals surface area contributed by atoms with Crippen LogP contribution in [0.1, 0.15) is 50.8 Å². The van der Waals surface area contributed by atoms with Crippen LogP contribution in [0.5, 0.6) is 5.75 Å². The SMILES string of the molecule is CN=C(NCCCCOc1ccc(C)cc1)NCc1ncc(C(C)(C)C)o1.I. The van der Waals surface area contributed by atoms with Crippen LogP contribution in [-0.4, -0.2) is 31.1 Å². The molecule has 0 saturated carbocycles. The van der Waals surface area contributed by atoms with Crippen molar-refractivity contribution >= 4 is 29.9 Å². The molecule has 0 bridgehead atoms. The molecule has 1 aromatic heterocycles. The summed E-state index contributed by atoms with van der Waals surface area (Å²) in [5.41, 5.74) is 1.20. The molecular weight excluding hydrogens is 467 g/mol. The van der Waals surface area contributed by atoms with Gasteiger partial charge in [0.1, 0.15) is 11.5 Å². The largest absolute Gasteiger partial charge is 0.494 e. The van der Waals surface area contributed by atoms with Crippen LogP contribution in [0.3, 0.4) is 0 Å². The predicted octanol–water partition coefficient (Wildman–Crippen LogP) is 4.42. The first-order chi connectivity index (χ1) is 12.9. The summed E-state index contributed by atoms with van der Waals surface area (Å²) in [5, 5.41) is 6.52. The van der Waals surface area contributed by atoms with Crippen molar-refractivity contribution < 1.29 is 9.15 Å². The number of aryl methyl sites for hydroxylation is 1. The first-order valence-corrected chi connectivity index (χ1v) is 9.47. The Labute approximate surface area is 185 Å². The van der Waals surface area contributed by atoms with E-state index in [0.29, 0.717) is 19.0 Å². The van der Waals surface area contributed by atoms with Gasteiger partial charge in [-0.15, -0.1) is 24.0 Å². The summed E-state index contributed by atoms with van der Waals surface area (Å²) in [5.74, 6) is 3.21. The zero-order chi connectivity index (χ0) is 19.7. The van der Waals surface area contributed by atoms with Gasteiger partial charge in [-0.1, -0.05) is 38.5 Å². The highest BCUT2D eigenvalue weighted by Gasteiger charge is 2.19. The topological polar surface area (TPSA) is 71.7 Å². The number of oxazole rings is 1. The van der Waals surface area contributed by atoms with E-state index in [9.17, 15) is 0 Å². The Kier molecular flexibility index (Phi) is 10.3. The maximum atomic E-state index is 5.78. The molecule has 0 atom stereocenters. The summed E-state index contributed by atoms with van der Waals surface area (Å²) in [6, 6.07) is 8.13. The highest BCUT2D eigenvalue weighted by Crippen LogP contribution is 2.22. The van der Waals surface area contributed by atoms with E-state index in [-0.39, 0.29) is 29.4 Å². The van der Waals surface area contributed by atoms with Crippen LogP contribution in [0, 0.1) is 6.92 Å². The number of nitrogens with one attached hydrogen (secondary N) is 2. The van der Waals surface area contributed by atoms with Crippen LogP contribution in [0.15, 0.2) is 39.9 Å². The van der Waals surface area contributed by atoms with E-state index in [4.69, 9.17) is 9.15 Å². The van der Waals surface area contributed by atoms with Crippen molar-refractivity contribution in [1.29, 1.82) is 0 Å². The molecule has 1 aromatic carbocycles. The van der Waals surface area contributed by atoms with Gasteiger partial charge in [-0.2, -0.15) is 0 Å². The number of hydrogen-bond donors (Lipinski definition) is 2. The summed E-state index contributed by atoms with van der Waals surface area (Å²) in [6.45, 7) is 10.4. The molecule has 0 radical (unpaired) electrons. The van der Waals surface area contributed by atoms with E-state index >= 15 is 0 Å². The van der Waals surface area contributed by atoms with Crippen molar-refractivity contribution in [3.63, 3.8) is 0 Å². The number of aromatic nitrogens is 1. The van der Waals surface area contributed by atoms with Crippen molar-refractivity contribution in [1.82, 2.24) is 15.6 Å². The van der Waals surface area contributed by atoms with E-state index in [1.807, 2.05) is 12.1 Å². The van der Waals surface area contributed by atoms with Crippen LogP contribution in [0.2, 0.25) is 0 Å². The van der Waals surface area contributed by atoms with Gasteiger partial charge in [0.2, 0.25) is 5.89 Å².